The van der Waals surface area contributed by atoms with E-state index < -0.39 is 6.10 Å². The van der Waals surface area contributed by atoms with Crippen LogP contribution in [0.15, 0.2) is 24.3 Å². The Morgan fingerprint density at radius 1 is 1.47 bits per heavy atom. The van der Waals surface area contributed by atoms with E-state index in [2.05, 4.69) is 27.9 Å². The maximum Gasteiger partial charge on any atom is 0.0945 e. The van der Waals surface area contributed by atoms with Crippen molar-refractivity contribution in [3.8, 4) is 0 Å². The maximum absolute atomic E-state index is 9.54. The van der Waals surface area contributed by atoms with Crippen LogP contribution < -0.4 is 5.32 Å². The summed E-state index contributed by atoms with van der Waals surface area (Å²) in [5.41, 5.74) is 1.05. The number of hydrogen-bond donors (Lipinski definition) is 2. The highest BCUT2D eigenvalue weighted by molar-refractivity contribution is 14.1. The molecule has 0 saturated carbocycles. The summed E-state index contributed by atoms with van der Waals surface area (Å²) in [5, 5.41) is 12.7. The van der Waals surface area contributed by atoms with E-state index in [9.17, 15) is 5.11 Å². The number of nitrogens with one attached hydrogen (secondary N) is 1. The van der Waals surface area contributed by atoms with Crippen molar-refractivity contribution >= 4 is 28.3 Å². The molecule has 0 aliphatic rings. The zero-order chi connectivity index (χ0) is 11.1. The van der Waals surface area contributed by atoms with Gasteiger partial charge in [0.05, 0.1) is 12.7 Å². The van der Waals surface area contributed by atoms with E-state index in [1.165, 1.54) is 0 Å². The molecule has 0 aromatic heterocycles. The fourth-order valence-corrected chi connectivity index (χ4v) is 1.72. The molecule has 1 atom stereocenters. The Kier molecular flexibility index (Phi) is 5.97. The highest BCUT2D eigenvalue weighted by atomic mass is 127. The van der Waals surface area contributed by atoms with Crippen LogP contribution in [0.1, 0.15) is 6.92 Å². The molecule has 0 amide bonds. The largest absolute Gasteiger partial charge is 0.389 e. The van der Waals surface area contributed by atoms with Gasteiger partial charge in [0, 0.05) is 22.4 Å². The second kappa shape index (κ2) is 7.03. The van der Waals surface area contributed by atoms with Gasteiger partial charge in [-0.3, -0.25) is 0 Å². The molecule has 0 aliphatic carbocycles. The molecular formula is C11H16INO2. The molecule has 1 rings (SSSR count). The first-order chi connectivity index (χ1) is 7.24. The number of aliphatic hydroxyl groups excluding tert-OH is 1. The Hall–Kier alpha value is -0.330. The maximum atomic E-state index is 9.54. The average molecular weight is 321 g/mol. The lowest BCUT2D eigenvalue weighted by Crippen LogP contribution is -2.25. The number of aliphatic hydroxyl groups is 1. The van der Waals surface area contributed by atoms with Crippen molar-refractivity contribution in [3.05, 3.63) is 27.8 Å². The highest BCUT2D eigenvalue weighted by Gasteiger charge is 2.04. The normalized spacial score (nSPS) is 12.5. The average Bonchev–Trinajstić information content (AvgIpc) is 2.25. The van der Waals surface area contributed by atoms with Crippen LogP contribution in [-0.2, 0) is 4.74 Å². The highest BCUT2D eigenvalue weighted by Crippen LogP contribution is 2.16. The van der Waals surface area contributed by atoms with Gasteiger partial charge in [0.15, 0.2) is 0 Å². The number of anilines is 1. The first-order valence-corrected chi connectivity index (χ1v) is 6.06. The third-order valence-electron chi connectivity index (χ3n) is 1.92. The predicted octanol–water partition coefficient (Wildman–Crippen LogP) is 2.10. The van der Waals surface area contributed by atoms with E-state index in [-0.39, 0.29) is 0 Å². The van der Waals surface area contributed by atoms with Crippen LogP contribution in [0.3, 0.4) is 0 Å². The Labute approximate surface area is 104 Å². The molecule has 0 fully saturated rings. The molecule has 3 nitrogen and oxygen atoms in total. The van der Waals surface area contributed by atoms with Crippen LogP contribution in [0.25, 0.3) is 0 Å². The summed E-state index contributed by atoms with van der Waals surface area (Å²) in [6.45, 7) is 3.45. The van der Waals surface area contributed by atoms with Gasteiger partial charge in [0.2, 0.25) is 0 Å². The van der Waals surface area contributed by atoms with Gasteiger partial charge in [-0.2, -0.15) is 0 Å². The summed E-state index contributed by atoms with van der Waals surface area (Å²) < 4.78 is 6.27. The lowest BCUT2D eigenvalue weighted by atomic mass is 10.3. The Morgan fingerprint density at radius 2 is 2.20 bits per heavy atom. The van der Waals surface area contributed by atoms with Gasteiger partial charge < -0.3 is 15.2 Å². The number of para-hydroxylation sites is 1. The monoisotopic (exact) mass is 321 g/mol. The van der Waals surface area contributed by atoms with Gasteiger partial charge in [-0.15, -0.1) is 0 Å². The summed E-state index contributed by atoms with van der Waals surface area (Å²) in [5.74, 6) is 0. The topological polar surface area (TPSA) is 41.5 Å². The molecule has 0 aliphatic heterocycles. The van der Waals surface area contributed by atoms with Crippen LogP contribution >= 0.6 is 22.6 Å². The third-order valence-corrected chi connectivity index (χ3v) is 2.86. The van der Waals surface area contributed by atoms with E-state index in [4.69, 9.17) is 4.74 Å². The number of hydrogen-bond acceptors (Lipinski definition) is 3. The number of ether oxygens (including phenoxy) is 1. The van der Waals surface area contributed by atoms with Crippen molar-refractivity contribution < 1.29 is 9.84 Å². The molecule has 0 radical (unpaired) electrons. The first kappa shape index (κ1) is 12.7. The molecule has 84 valence electrons. The first-order valence-electron chi connectivity index (χ1n) is 4.98. The molecule has 0 bridgehead atoms. The van der Waals surface area contributed by atoms with Crippen molar-refractivity contribution in [1.29, 1.82) is 0 Å². The van der Waals surface area contributed by atoms with Crippen LogP contribution in [0.2, 0.25) is 0 Å². The summed E-state index contributed by atoms with van der Waals surface area (Å²) in [6, 6.07) is 7.98. The van der Waals surface area contributed by atoms with E-state index in [0.717, 1.165) is 9.26 Å². The van der Waals surface area contributed by atoms with E-state index in [1.54, 1.807) is 0 Å². The smallest absolute Gasteiger partial charge is 0.0945 e. The fourth-order valence-electron chi connectivity index (χ4n) is 1.15. The minimum Gasteiger partial charge on any atom is -0.389 e. The van der Waals surface area contributed by atoms with Gasteiger partial charge in [-0.1, -0.05) is 12.1 Å². The lowest BCUT2D eigenvalue weighted by Gasteiger charge is -2.13. The van der Waals surface area contributed by atoms with Crippen LogP contribution in [0.4, 0.5) is 5.69 Å². The van der Waals surface area contributed by atoms with Gasteiger partial charge in [-0.05, 0) is 41.6 Å². The minimum absolute atomic E-state index is 0.382. The fraction of sp³-hybridized carbons (Fsp3) is 0.455. The van der Waals surface area contributed by atoms with E-state index >= 15 is 0 Å². The standard InChI is InChI=1S/C11H16INO2/c1-2-15-8-9(14)7-13-11-6-4-3-5-10(11)12/h3-6,9,13-14H,2,7-8H2,1H3. The molecule has 15 heavy (non-hydrogen) atoms. The predicted molar refractivity (Wildman–Crippen MR) is 70.1 cm³/mol. The van der Waals surface area contributed by atoms with Crippen molar-refractivity contribution in [3.63, 3.8) is 0 Å². The second-order valence-corrected chi connectivity index (χ2v) is 4.34. The molecule has 1 aromatic carbocycles. The molecule has 0 saturated heterocycles. The summed E-state index contributed by atoms with van der Waals surface area (Å²) in [4.78, 5) is 0. The summed E-state index contributed by atoms with van der Waals surface area (Å²) in [6.07, 6.45) is -0.457. The van der Waals surface area contributed by atoms with Crippen molar-refractivity contribution in [2.75, 3.05) is 25.1 Å². The van der Waals surface area contributed by atoms with Crippen molar-refractivity contribution in [2.45, 2.75) is 13.0 Å². The van der Waals surface area contributed by atoms with Crippen LogP contribution in [0.5, 0.6) is 0 Å². The molecule has 4 heteroatoms. The Bertz CT molecular complexity index is 294. The van der Waals surface area contributed by atoms with Gasteiger partial charge >= 0.3 is 0 Å². The van der Waals surface area contributed by atoms with Crippen molar-refractivity contribution in [1.82, 2.24) is 0 Å². The Balaban J connectivity index is 2.33. The number of rotatable bonds is 6. The summed E-state index contributed by atoms with van der Waals surface area (Å²) >= 11 is 2.26. The minimum atomic E-state index is -0.457. The van der Waals surface area contributed by atoms with Gasteiger partial charge in [0.1, 0.15) is 0 Å². The van der Waals surface area contributed by atoms with E-state index in [1.807, 2.05) is 31.2 Å². The third kappa shape index (κ3) is 4.81. The molecule has 0 spiro atoms. The molecule has 2 N–H and O–H groups in total. The lowest BCUT2D eigenvalue weighted by molar-refractivity contribution is 0.0496. The molecule has 0 heterocycles. The van der Waals surface area contributed by atoms with E-state index in [0.29, 0.717) is 19.8 Å². The van der Waals surface area contributed by atoms with Gasteiger partial charge in [-0.25, -0.2) is 0 Å². The molecule has 1 aromatic rings. The number of benzene rings is 1. The molecular weight excluding hydrogens is 305 g/mol. The summed E-state index contributed by atoms with van der Waals surface area (Å²) in [7, 11) is 0. The zero-order valence-electron chi connectivity index (χ0n) is 8.74. The van der Waals surface area contributed by atoms with Crippen molar-refractivity contribution in [2.24, 2.45) is 0 Å². The van der Waals surface area contributed by atoms with Gasteiger partial charge in [0.25, 0.3) is 0 Å². The SMILES string of the molecule is CCOCC(O)CNc1ccccc1I. The molecule has 1 unspecified atom stereocenters. The Morgan fingerprint density at radius 3 is 2.87 bits per heavy atom. The second-order valence-electron chi connectivity index (χ2n) is 3.17. The van der Waals surface area contributed by atoms with Crippen LogP contribution in [-0.4, -0.2) is 31.0 Å². The van der Waals surface area contributed by atoms with Crippen LogP contribution in [0, 0.1) is 3.57 Å². The number of halogens is 1. The zero-order valence-corrected chi connectivity index (χ0v) is 10.9. The quantitative estimate of drug-likeness (QED) is 0.789.